The van der Waals surface area contributed by atoms with E-state index in [2.05, 4.69) is 18.8 Å². The molecule has 21 heavy (non-hydrogen) atoms. The standard InChI is InChI=1S/C16H14Cl2N2O/c1-8(2)9-3-4-14-13(7-9)20-16(21-14)10-5-11(17)15(19)12(18)6-10/h3-8H,19H2,1-2H3. The first kappa shape index (κ1) is 14.2. The van der Waals surface area contributed by atoms with Crippen molar-refractivity contribution in [2.45, 2.75) is 19.8 Å². The van der Waals surface area contributed by atoms with Gasteiger partial charge in [-0.25, -0.2) is 4.98 Å². The zero-order chi connectivity index (χ0) is 15.1. The number of hydrogen-bond acceptors (Lipinski definition) is 3. The van der Waals surface area contributed by atoms with E-state index in [1.54, 1.807) is 12.1 Å². The SMILES string of the molecule is CC(C)c1ccc2oc(-c3cc(Cl)c(N)c(Cl)c3)nc2c1. The molecular formula is C16H14Cl2N2O. The molecule has 0 fully saturated rings. The Hall–Kier alpha value is -1.71. The Balaban J connectivity index is 2.13. The number of halogens is 2. The molecule has 2 N–H and O–H groups in total. The van der Waals surface area contributed by atoms with Crippen molar-refractivity contribution in [3.8, 4) is 11.5 Å². The van der Waals surface area contributed by atoms with Gasteiger partial charge in [0.15, 0.2) is 5.58 Å². The maximum atomic E-state index is 6.06. The van der Waals surface area contributed by atoms with Gasteiger partial charge in [0.2, 0.25) is 5.89 Å². The zero-order valence-electron chi connectivity index (χ0n) is 11.7. The minimum Gasteiger partial charge on any atom is -0.436 e. The highest BCUT2D eigenvalue weighted by Crippen LogP contribution is 2.34. The molecular weight excluding hydrogens is 307 g/mol. The van der Waals surface area contributed by atoms with Crippen LogP contribution in [0.4, 0.5) is 5.69 Å². The fraction of sp³-hybridized carbons (Fsp3) is 0.188. The second-order valence-corrected chi connectivity index (χ2v) is 6.07. The molecule has 1 aromatic heterocycles. The summed E-state index contributed by atoms with van der Waals surface area (Å²) in [5.74, 6) is 0.921. The molecule has 5 heteroatoms. The Labute approximate surface area is 132 Å². The van der Waals surface area contributed by atoms with Crippen LogP contribution in [0.2, 0.25) is 10.0 Å². The number of nitrogens with zero attached hydrogens (tertiary/aromatic N) is 1. The highest BCUT2D eigenvalue weighted by atomic mass is 35.5. The molecule has 0 aliphatic rings. The molecule has 0 aliphatic carbocycles. The Bertz CT molecular complexity index is 801. The number of fused-ring (bicyclic) bond motifs is 1. The number of aromatic nitrogens is 1. The van der Waals surface area contributed by atoms with Gasteiger partial charge in [-0.15, -0.1) is 0 Å². The van der Waals surface area contributed by atoms with E-state index in [0.29, 0.717) is 33.1 Å². The van der Waals surface area contributed by atoms with Crippen LogP contribution in [0.25, 0.3) is 22.6 Å². The van der Waals surface area contributed by atoms with Crippen molar-refractivity contribution < 1.29 is 4.42 Å². The predicted molar refractivity (Wildman–Crippen MR) is 88.0 cm³/mol. The van der Waals surface area contributed by atoms with E-state index in [9.17, 15) is 0 Å². The highest BCUT2D eigenvalue weighted by Gasteiger charge is 2.13. The van der Waals surface area contributed by atoms with Crippen LogP contribution in [-0.2, 0) is 0 Å². The number of hydrogen-bond donors (Lipinski definition) is 1. The summed E-state index contributed by atoms with van der Waals surface area (Å²) in [5, 5.41) is 0.783. The summed E-state index contributed by atoms with van der Waals surface area (Å²) >= 11 is 12.1. The largest absolute Gasteiger partial charge is 0.436 e. The second-order valence-electron chi connectivity index (χ2n) is 5.25. The van der Waals surface area contributed by atoms with Crippen molar-refractivity contribution in [2.75, 3.05) is 5.73 Å². The molecule has 0 aliphatic heterocycles. The highest BCUT2D eigenvalue weighted by molar-refractivity contribution is 6.39. The summed E-state index contributed by atoms with van der Waals surface area (Å²) in [6.07, 6.45) is 0. The van der Waals surface area contributed by atoms with Gasteiger partial charge in [0.25, 0.3) is 0 Å². The summed E-state index contributed by atoms with van der Waals surface area (Å²) in [5.41, 5.74) is 9.59. The summed E-state index contributed by atoms with van der Waals surface area (Å²) in [6, 6.07) is 9.42. The lowest BCUT2D eigenvalue weighted by Crippen LogP contribution is -1.89. The normalized spacial score (nSPS) is 11.5. The minimum absolute atomic E-state index is 0.361. The number of nitrogen functional groups attached to an aromatic ring is 1. The summed E-state index contributed by atoms with van der Waals surface area (Å²) in [7, 11) is 0. The van der Waals surface area contributed by atoms with Crippen LogP contribution in [0.5, 0.6) is 0 Å². The molecule has 1 heterocycles. The average molecular weight is 321 g/mol. The molecule has 0 saturated carbocycles. The van der Waals surface area contributed by atoms with Gasteiger partial charge >= 0.3 is 0 Å². The van der Waals surface area contributed by atoms with Crippen molar-refractivity contribution in [1.82, 2.24) is 4.98 Å². The topological polar surface area (TPSA) is 52.0 Å². The Morgan fingerprint density at radius 1 is 1.10 bits per heavy atom. The van der Waals surface area contributed by atoms with E-state index < -0.39 is 0 Å². The first-order valence-corrected chi connectivity index (χ1v) is 7.36. The van der Waals surface area contributed by atoms with Crippen molar-refractivity contribution in [2.24, 2.45) is 0 Å². The van der Waals surface area contributed by atoms with Gasteiger partial charge in [-0.05, 0) is 35.7 Å². The van der Waals surface area contributed by atoms with E-state index in [1.165, 1.54) is 5.56 Å². The molecule has 3 rings (SSSR count). The van der Waals surface area contributed by atoms with Crippen LogP contribution in [0.15, 0.2) is 34.7 Å². The lowest BCUT2D eigenvalue weighted by Gasteiger charge is -2.03. The van der Waals surface area contributed by atoms with Gasteiger partial charge in [-0.2, -0.15) is 0 Å². The summed E-state index contributed by atoms with van der Waals surface area (Å²) in [6.45, 7) is 4.28. The van der Waals surface area contributed by atoms with Crippen LogP contribution in [0.1, 0.15) is 25.3 Å². The number of nitrogens with two attached hydrogens (primary N) is 1. The first-order chi connectivity index (χ1) is 9.95. The van der Waals surface area contributed by atoms with E-state index in [4.69, 9.17) is 33.4 Å². The van der Waals surface area contributed by atoms with Gasteiger partial charge in [0.1, 0.15) is 5.52 Å². The van der Waals surface area contributed by atoms with E-state index in [-0.39, 0.29) is 0 Å². The Kier molecular flexibility index (Phi) is 3.56. The Morgan fingerprint density at radius 2 is 1.76 bits per heavy atom. The van der Waals surface area contributed by atoms with Crippen LogP contribution >= 0.6 is 23.2 Å². The van der Waals surface area contributed by atoms with Crippen LogP contribution < -0.4 is 5.73 Å². The maximum Gasteiger partial charge on any atom is 0.227 e. The molecule has 0 amide bonds. The van der Waals surface area contributed by atoms with Crippen molar-refractivity contribution >= 4 is 40.0 Å². The third-order valence-electron chi connectivity index (χ3n) is 3.40. The molecule has 108 valence electrons. The van der Waals surface area contributed by atoms with Gasteiger partial charge < -0.3 is 10.2 Å². The fourth-order valence-corrected chi connectivity index (χ4v) is 2.62. The van der Waals surface area contributed by atoms with Crippen molar-refractivity contribution in [1.29, 1.82) is 0 Å². The quantitative estimate of drug-likeness (QED) is 0.633. The van der Waals surface area contributed by atoms with Crippen LogP contribution in [-0.4, -0.2) is 4.98 Å². The van der Waals surface area contributed by atoms with E-state index in [0.717, 1.165) is 11.1 Å². The van der Waals surface area contributed by atoms with E-state index in [1.807, 2.05) is 18.2 Å². The predicted octanol–water partition coefficient (Wildman–Crippen LogP) is 5.51. The smallest absolute Gasteiger partial charge is 0.227 e. The number of anilines is 1. The minimum atomic E-state index is 0.361. The molecule has 0 spiro atoms. The lowest BCUT2D eigenvalue weighted by molar-refractivity contribution is 0.619. The van der Waals surface area contributed by atoms with Crippen LogP contribution in [0, 0.1) is 0 Å². The van der Waals surface area contributed by atoms with Gasteiger partial charge in [-0.3, -0.25) is 0 Å². The van der Waals surface area contributed by atoms with Gasteiger partial charge in [0.05, 0.1) is 15.7 Å². The maximum absolute atomic E-state index is 6.06. The van der Waals surface area contributed by atoms with Gasteiger partial charge in [0, 0.05) is 5.56 Å². The zero-order valence-corrected chi connectivity index (χ0v) is 13.2. The third kappa shape index (κ3) is 2.59. The monoisotopic (exact) mass is 320 g/mol. The average Bonchev–Trinajstić information content (AvgIpc) is 2.86. The summed E-state index contributed by atoms with van der Waals surface area (Å²) < 4.78 is 5.77. The molecule has 0 bridgehead atoms. The number of benzene rings is 2. The number of oxazole rings is 1. The molecule has 0 radical (unpaired) electrons. The van der Waals surface area contributed by atoms with Crippen molar-refractivity contribution in [3.05, 3.63) is 45.9 Å². The molecule has 3 nitrogen and oxygen atoms in total. The Morgan fingerprint density at radius 3 is 2.38 bits per heavy atom. The lowest BCUT2D eigenvalue weighted by atomic mass is 10.0. The molecule has 2 aromatic carbocycles. The first-order valence-electron chi connectivity index (χ1n) is 6.61. The number of rotatable bonds is 2. The van der Waals surface area contributed by atoms with Crippen molar-refractivity contribution in [3.63, 3.8) is 0 Å². The van der Waals surface area contributed by atoms with Gasteiger partial charge in [-0.1, -0.05) is 43.1 Å². The second kappa shape index (κ2) is 5.24. The molecule has 0 saturated heterocycles. The molecule has 3 aromatic rings. The molecule has 0 atom stereocenters. The summed E-state index contributed by atoms with van der Waals surface area (Å²) in [4.78, 5) is 4.51. The van der Waals surface area contributed by atoms with Crippen LogP contribution in [0.3, 0.4) is 0 Å². The fourth-order valence-electron chi connectivity index (χ4n) is 2.13. The third-order valence-corrected chi connectivity index (χ3v) is 4.03. The molecule has 0 unspecified atom stereocenters. The van der Waals surface area contributed by atoms with E-state index >= 15 is 0 Å².